The van der Waals surface area contributed by atoms with Gasteiger partial charge in [-0.2, -0.15) is 0 Å². The molecule has 2 aromatic rings. The van der Waals surface area contributed by atoms with Crippen molar-refractivity contribution in [2.24, 2.45) is 0 Å². The van der Waals surface area contributed by atoms with E-state index in [1.807, 2.05) is 0 Å². The average Bonchev–Trinajstić information content (AvgIpc) is 2.29. The molecule has 1 nitrogen and oxygen atoms in total. The van der Waals surface area contributed by atoms with Gasteiger partial charge < -0.3 is 5.11 Å². The molecule has 2 aromatic carbocycles. The number of aliphatic hydroxyl groups excluding tert-OH is 1. The van der Waals surface area contributed by atoms with Crippen LogP contribution >= 0.6 is 0 Å². The lowest BCUT2D eigenvalue weighted by molar-refractivity contribution is 0.215. The molecular weight excluding hydrogens is 222 g/mol. The molecule has 0 aliphatic rings. The van der Waals surface area contributed by atoms with E-state index in [9.17, 15) is 13.9 Å². The first-order chi connectivity index (χ1) is 8.08. The van der Waals surface area contributed by atoms with Crippen LogP contribution in [0.1, 0.15) is 22.8 Å². The van der Waals surface area contributed by atoms with Crippen LogP contribution in [0, 0.1) is 18.6 Å². The van der Waals surface area contributed by atoms with Gasteiger partial charge in [-0.1, -0.05) is 24.3 Å². The second-order valence-corrected chi connectivity index (χ2v) is 3.98. The van der Waals surface area contributed by atoms with Gasteiger partial charge in [-0.25, -0.2) is 8.78 Å². The van der Waals surface area contributed by atoms with Crippen LogP contribution in [-0.4, -0.2) is 5.11 Å². The van der Waals surface area contributed by atoms with Gasteiger partial charge in [0.25, 0.3) is 0 Å². The van der Waals surface area contributed by atoms with Crippen molar-refractivity contribution in [1.82, 2.24) is 0 Å². The van der Waals surface area contributed by atoms with Crippen LogP contribution in [-0.2, 0) is 0 Å². The van der Waals surface area contributed by atoms with Gasteiger partial charge in [0.15, 0.2) is 0 Å². The van der Waals surface area contributed by atoms with E-state index in [0.29, 0.717) is 5.56 Å². The molecule has 1 atom stereocenters. The topological polar surface area (TPSA) is 20.2 Å². The van der Waals surface area contributed by atoms with Crippen LogP contribution in [0.4, 0.5) is 8.78 Å². The van der Waals surface area contributed by atoms with E-state index >= 15 is 0 Å². The van der Waals surface area contributed by atoms with Crippen LogP contribution in [0.15, 0.2) is 42.5 Å². The van der Waals surface area contributed by atoms with Gasteiger partial charge in [0, 0.05) is 5.56 Å². The molecule has 1 unspecified atom stereocenters. The number of hydrogen-bond acceptors (Lipinski definition) is 1. The van der Waals surface area contributed by atoms with Crippen LogP contribution < -0.4 is 0 Å². The molecule has 0 saturated carbocycles. The highest BCUT2D eigenvalue weighted by Gasteiger charge is 2.14. The van der Waals surface area contributed by atoms with Gasteiger partial charge in [0.2, 0.25) is 0 Å². The van der Waals surface area contributed by atoms with Crippen LogP contribution in [0.2, 0.25) is 0 Å². The van der Waals surface area contributed by atoms with E-state index < -0.39 is 11.9 Å². The fourth-order valence-electron chi connectivity index (χ4n) is 1.68. The second-order valence-electron chi connectivity index (χ2n) is 3.98. The SMILES string of the molecule is Cc1ccc(C(O)c2ccc(F)cc2)c(F)c1. The molecule has 2 rings (SSSR count). The van der Waals surface area contributed by atoms with E-state index in [-0.39, 0.29) is 11.4 Å². The van der Waals surface area contributed by atoms with Gasteiger partial charge in [-0.15, -0.1) is 0 Å². The largest absolute Gasteiger partial charge is 0.384 e. The number of rotatable bonds is 2. The average molecular weight is 234 g/mol. The van der Waals surface area contributed by atoms with Crippen molar-refractivity contribution in [3.63, 3.8) is 0 Å². The Hall–Kier alpha value is -1.74. The number of benzene rings is 2. The van der Waals surface area contributed by atoms with Gasteiger partial charge in [-0.05, 0) is 36.2 Å². The lowest BCUT2D eigenvalue weighted by Gasteiger charge is -2.12. The normalized spacial score (nSPS) is 12.5. The maximum Gasteiger partial charge on any atom is 0.129 e. The standard InChI is InChI=1S/C14H12F2O/c1-9-2-7-12(13(16)8-9)14(17)10-3-5-11(15)6-4-10/h2-8,14,17H,1H3. The highest BCUT2D eigenvalue weighted by atomic mass is 19.1. The predicted molar refractivity (Wildman–Crippen MR) is 61.6 cm³/mol. The first-order valence-corrected chi connectivity index (χ1v) is 5.27. The summed E-state index contributed by atoms with van der Waals surface area (Å²) in [6, 6.07) is 10.00. The zero-order valence-electron chi connectivity index (χ0n) is 9.32. The summed E-state index contributed by atoms with van der Waals surface area (Å²) < 4.78 is 26.4. The summed E-state index contributed by atoms with van der Waals surface area (Å²) >= 11 is 0. The maximum atomic E-state index is 13.6. The Balaban J connectivity index is 2.36. The van der Waals surface area contributed by atoms with E-state index in [1.54, 1.807) is 19.1 Å². The van der Waals surface area contributed by atoms with Crippen LogP contribution in [0.25, 0.3) is 0 Å². The van der Waals surface area contributed by atoms with Gasteiger partial charge in [-0.3, -0.25) is 0 Å². The van der Waals surface area contributed by atoms with Gasteiger partial charge in [0.05, 0.1) is 0 Å². The Morgan fingerprint density at radius 2 is 1.65 bits per heavy atom. The first-order valence-electron chi connectivity index (χ1n) is 5.27. The van der Waals surface area contributed by atoms with Crippen molar-refractivity contribution in [3.05, 3.63) is 70.8 Å². The summed E-state index contributed by atoms with van der Waals surface area (Å²) in [5.74, 6) is -0.841. The predicted octanol–water partition coefficient (Wildman–Crippen LogP) is 3.35. The molecule has 0 radical (unpaired) electrons. The first kappa shape index (κ1) is 11.7. The summed E-state index contributed by atoms with van der Waals surface area (Å²) in [5.41, 5.74) is 1.45. The monoisotopic (exact) mass is 234 g/mol. The molecule has 0 heterocycles. The molecule has 88 valence electrons. The number of halogens is 2. The molecule has 0 saturated heterocycles. The minimum atomic E-state index is -1.07. The quantitative estimate of drug-likeness (QED) is 0.844. The summed E-state index contributed by atoms with van der Waals surface area (Å²) in [6.07, 6.45) is -1.07. The third-order valence-electron chi connectivity index (χ3n) is 2.64. The minimum Gasteiger partial charge on any atom is -0.384 e. The van der Waals surface area contributed by atoms with E-state index in [2.05, 4.69) is 0 Å². The summed E-state index contributed by atoms with van der Waals surface area (Å²) in [4.78, 5) is 0. The van der Waals surface area contributed by atoms with E-state index in [1.165, 1.54) is 30.3 Å². The Morgan fingerprint density at radius 3 is 2.24 bits per heavy atom. The van der Waals surface area contributed by atoms with Gasteiger partial charge >= 0.3 is 0 Å². The molecule has 0 bridgehead atoms. The number of aliphatic hydroxyl groups is 1. The summed E-state index contributed by atoms with van der Waals surface area (Å²) in [6.45, 7) is 1.77. The van der Waals surface area contributed by atoms with E-state index in [0.717, 1.165) is 5.56 Å². The summed E-state index contributed by atoms with van der Waals surface area (Å²) in [5, 5.41) is 9.99. The zero-order valence-corrected chi connectivity index (χ0v) is 9.32. The zero-order chi connectivity index (χ0) is 12.4. The van der Waals surface area contributed by atoms with Crippen LogP contribution in [0.3, 0.4) is 0 Å². The smallest absolute Gasteiger partial charge is 0.129 e. The highest BCUT2D eigenvalue weighted by Crippen LogP contribution is 2.24. The lowest BCUT2D eigenvalue weighted by atomic mass is 10.00. The molecule has 0 aliphatic carbocycles. The third-order valence-corrected chi connectivity index (χ3v) is 2.64. The van der Waals surface area contributed by atoms with Crippen molar-refractivity contribution in [2.45, 2.75) is 13.0 Å². The molecule has 3 heteroatoms. The van der Waals surface area contributed by atoms with Crippen molar-refractivity contribution in [1.29, 1.82) is 0 Å². The molecule has 0 amide bonds. The minimum absolute atomic E-state index is 0.196. The molecule has 1 N–H and O–H groups in total. The second kappa shape index (κ2) is 4.63. The molecular formula is C14H12F2O. The molecule has 0 aliphatic heterocycles. The molecule has 0 aromatic heterocycles. The van der Waals surface area contributed by atoms with E-state index in [4.69, 9.17) is 0 Å². The number of hydrogen-bond donors (Lipinski definition) is 1. The van der Waals surface area contributed by atoms with Crippen molar-refractivity contribution in [3.8, 4) is 0 Å². The van der Waals surface area contributed by atoms with Crippen molar-refractivity contribution in [2.75, 3.05) is 0 Å². The molecule has 0 spiro atoms. The molecule has 17 heavy (non-hydrogen) atoms. The molecule has 0 fully saturated rings. The van der Waals surface area contributed by atoms with Crippen molar-refractivity contribution < 1.29 is 13.9 Å². The Kier molecular flexibility index (Phi) is 3.20. The maximum absolute atomic E-state index is 13.6. The van der Waals surface area contributed by atoms with Crippen LogP contribution in [0.5, 0.6) is 0 Å². The Labute approximate surface area is 98.3 Å². The highest BCUT2D eigenvalue weighted by molar-refractivity contribution is 5.32. The Morgan fingerprint density at radius 1 is 1.00 bits per heavy atom. The lowest BCUT2D eigenvalue weighted by Crippen LogP contribution is -2.02. The van der Waals surface area contributed by atoms with Gasteiger partial charge in [0.1, 0.15) is 17.7 Å². The summed E-state index contributed by atoms with van der Waals surface area (Å²) in [7, 11) is 0. The third kappa shape index (κ3) is 2.50. The fourth-order valence-corrected chi connectivity index (χ4v) is 1.68. The van der Waals surface area contributed by atoms with Crippen molar-refractivity contribution >= 4 is 0 Å². The number of aryl methyl sites for hydroxylation is 1. The Bertz CT molecular complexity index is 520. The fraction of sp³-hybridized carbons (Fsp3) is 0.143.